The molecule has 0 aliphatic heterocycles. The maximum absolute atomic E-state index is 5.54. The molecule has 6 aromatic heterocycles. The highest BCUT2D eigenvalue weighted by atomic mass is 32.1. The highest BCUT2D eigenvalue weighted by molar-refractivity contribution is 7.27. The fourth-order valence-electron chi connectivity index (χ4n) is 10.7. The zero-order valence-corrected chi connectivity index (χ0v) is 37.3. The zero-order chi connectivity index (χ0) is 43.7. The number of allylic oxidation sites excluding steroid dienone is 4. The maximum atomic E-state index is 5.54. The van der Waals surface area contributed by atoms with Crippen molar-refractivity contribution >= 4 is 123 Å². The minimum absolute atomic E-state index is 0.0410. The molecule has 0 saturated carbocycles. The second-order valence-electron chi connectivity index (χ2n) is 17.3. The molecule has 0 N–H and O–H groups in total. The van der Waals surface area contributed by atoms with Gasteiger partial charge in [0.25, 0.3) is 0 Å². The molecule has 1 aliphatic carbocycles. The number of para-hydroxylation sites is 5. The van der Waals surface area contributed by atoms with Gasteiger partial charge < -0.3 is 0 Å². The Morgan fingerprint density at radius 1 is 0.418 bits per heavy atom. The van der Waals surface area contributed by atoms with Gasteiger partial charge in [0.15, 0.2) is 5.82 Å². The van der Waals surface area contributed by atoms with E-state index in [-0.39, 0.29) is 5.92 Å². The van der Waals surface area contributed by atoms with Crippen LogP contribution in [0, 0.1) is 0 Å². The molecule has 7 nitrogen and oxygen atoms in total. The van der Waals surface area contributed by atoms with Gasteiger partial charge in [-0.2, -0.15) is 15.0 Å². The molecular weight excluding hydrogens is 859 g/mol. The predicted molar refractivity (Wildman–Crippen MR) is 280 cm³/mol. The molecule has 67 heavy (non-hydrogen) atoms. The van der Waals surface area contributed by atoms with Crippen LogP contribution in [0.1, 0.15) is 24.0 Å². The maximum Gasteiger partial charge on any atom is 0.240 e. The van der Waals surface area contributed by atoms with E-state index in [4.69, 9.17) is 19.9 Å². The second kappa shape index (κ2) is 14.1. The minimum Gasteiger partial charge on any atom is -0.296 e. The first-order chi connectivity index (χ1) is 33.2. The van der Waals surface area contributed by atoms with Crippen molar-refractivity contribution in [3.63, 3.8) is 0 Å². The third-order valence-corrected chi connectivity index (χ3v) is 16.1. The molecule has 14 aromatic rings. The van der Waals surface area contributed by atoms with Crippen LogP contribution in [0.2, 0.25) is 0 Å². The van der Waals surface area contributed by atoms with Gasteiger partial charge in [0.05, 0.1) is 33.1 Å². The number of rotatable bonds is 5. The fraction of sp³-hybridized carbons (Fsp3) is 0.0345. The molecule has 15 rings (SSSR count). The largest absolute Gasteiger partial charge is 0.296 e. The highest BCUT2D eigenvalue weighted by Gasteiger charge is 2.26. The zero-order valence-electron chi connectivity index (χ0n) is 35.7. The Kier molecular flexibility index (Phi) is 7.81. The van der Waals surface area contributed by atoms with E-state index in [9.17, 15) is 0 Å². The summed E-state index contributed by atoms with van der Waals surface area (Å²) in [5, 5.41) is 9.84. The van der Waals surface area contributed by atoms with Gasteiger partial charge in [0, 0.05) is 79.1 Å². The Bertz CT molecular complexity index is 4240. The summed E-state index contributed by atoms with van der Waals surface area (Å²) in [5.74, 6) is 2.81. The Morgan fingerprint density at radius 3 is 1.52 bits per heavy atom. The van der Waals surface area contributed by atoms with Crippen LogP contribution in [0.4, 0.5) is 0 Å². The lowest BCUT2D eigenvalue weighted by Crippen LogP contribution is -2.12. The average Bonchev–Trinajstić information content (AvgIpc) is 4.21. The van der Waals surface area contributed by atoms with E-state index in [0.29, 0.717) is 17.7 Å². The number of aromatic nitrogens is 7. The second-order valence-corrected chi connectivity index (χ2v) is 19.4. The Labute approximate surface area is 390 Å². The first-order valence-electron chi connectivity index (χ1n) is 22.6. The average molecular weight is 894 g/mol. The third-order valence-electron chi connectivity index (χ3n) is 13.7. The highest BCUT2D eigenvalue weighted by Crippen LogP contribution is 2.45. The lowest BCUT2D eigenvalue weighted by atomic mass is 9.95. The smallest absolute Gasteiger partial charge is 0.240 e. The van der Waals surface area contributed by atoms with E-state index in [2.05, 4.69) is 208 Å². The monoisotopic (exact) mass is 893 g/mol. The molecule has 0 bridgehead atoms. The summed E-state index contributed by atoms with van der Waals surface area (Å²) >= 11 is 3.70. The number of fused-ring (bicyclic) bond motifs is 15. The molecule has 8 aromatic carbocycles. The molecule has 9 heteroatoms. The van der Waals surface area contributed by atoms with E-state index in [1.165, 1.54) is 61.9 Å². The van der Waals surface area contributed by atoms with Crippen LogP contribution in [-0.2, 0) is 0 Å². The fourth-order valence-corrected chi connectivity index (χ4v) is 13.2. The third kappa shape index (κ3) is 5.38. The Balaban J connectivity index is 0.969. The normalized spacial score (nSPS) is 14.4. The van der Waals surface area contributed by atoms with E-state index >= 15 is 0 Å². The molecule has 0 amide bonds. The summed E-state index contributed by atoms with van der Waals surface area (Å²) in [5.41, 5.74) is 8.34. The standard InChI is InChI=1S/C58H35N7S2/c1-2-14-36(15-3-1)63-46-23-11-8-20-43(46)59-56(63)35-28-26-34(27-29-35)55-60-57(64-44-21-9-4-18-41(44)51-47(64)32-30-39-37-16-6-12-24-49(37)66-53(39)51)62-58(61-55)65-45-22-10-5-19-42(45)52-48(65)33-31-40-38-17-7-13-25-50(38)67-54(40)52/h1-28,30-33,35H,29H2. The van der Waals surface area contributed by atoms with Gasteiger partial charge in [-0.3, -0.25) is 13.7 Å². The van der Waals surface area contributed by atoms with Crippen molar-refractivity contribution in [1.82, 2.24) is 33.6 Å². The van der Waals surface area contributed by atoms with E-state index in [1.807, 2.05) is 22.7 Å². The van der Waals surface area contributed by atoms with Gasteiger partial charge in [-0.15, -0.1) is 22.7 Å². The van der Waals surface area contributed by atoms with E-state index < -0.39 is 0 Å². The van der Waals surface area contributed by atoms with Crippen molar-refractivity contribution in [2.24, 2.45) is 0 Å². The summed E-state index contributed by atoms with van der Waals surface area (Å²) in [6.45, 7) is 0. The van der Waals surface area contributed by atoms with Crippen LogP contribution in [0.3, 0.4) is 0 Å². The predicted octanol–water partition coefficient (Wildman–Crippen LogP) is 15.3. The lowest BCUT2D eigenvalue weighted by molar-refractivity contribution is 0.758. The number of thiophene rings is 2. The van der Waals surface area contributed by atoms with Crippen molar-refractivity contribution in [3.8, 4) is 17.6 Å². The molecule has 0 spiro atoms. The Morgan fingerprint density at radius 2 is 0.940 bits per heavy atom. The van der Waals surface area contributed by atoms with Crippen LogP contribution in [-0.4, -0.2) is 33.6 Å². The quantitative estimate of drug-likeness (QED) is 0.173. The number of hydrogen-bond acceptors (Lipinski definition) is 6. The van der Waals surface area contributed by atoms with Crippen LogP contribution in [0.5, 0.6) is 0 Å². The molecular formula is C58H35N7S2. The summed E-state index contributed by atoms with van der Waals surface area (Å²) in [7, 11) is 0. The van der Waals surface area contributed by atoms with Crippen molar-refractivity contribution in [1.29, 1.82) is 0 Å². The molecule has 1 unspecified atom stereocenters. The number of hydrogen-bond donors (Lipinski definition) is 0. The van der Waals surface area contributed by atoms with Crippen LogP contribution in [0.15, 0.2) is 194 Å². The molecule has 314 valence electrons. The van der Waals surface area contributed by atoms with Gasteiger partial charge in [0.1, 0.15) is 5.82 Å². The van der Waals surface area contributed by atoms with Crippen LogP contribution < -0.4 is 0 Å². The van der Waals surface area contributed by atoms with E-state index in [1.54, 1.807) is 0 Å². The van der Waals surface area contributed by atoms with Gasteiger partial charge in [-0.05, 0) is 67.1 Å². The summed E-state index contributed by atoms with van der Waals surface area (Å²) in [4.78, 5) is 21.7. The van der Waals surface area contributed by atoms with Gasteiger partial charge in [-0.25, -0.2) is 4.98 Å². The topological polar surface area (TPSA) is 66.3 Å². The number of imidazole rings is 1. The summed E-state index contributed by atoms with van der Waals surface area (Å²) < 4.78 is 11.9. The summed E-state index contributed by atoms with van der Waals surface area (Å²) in [6.07, 6.45) is 7.47. The van der Waals surface area contributed by atoms with Gasteiger partial charge in [0.2, 0.25) is 11.9 Å². The minimum atomic E-state index is 0.0410. The SMILES string of the molecule is C1=CC(c2nc3ccccc3n2-c2ccccc2)CC=C1c1nc(-n2c3ccccc3c3c4sc5ccccc5c4ccc32)nc(-n2c3ccccc3c3c4sc5ccccc5c4ccc32)n1. The van der Waals surface area contributed by atoms with Crippen molar-refractivity contribution in [3.05, 3.63) is 206 Å². The first kappa shape index (κ1) is 37.0. The number of nitrogens with zero attached hydrogens (tertiary/aromatic N) is 7. The first-order valence-corrected chi connectivity index (χ1v) is 24.2. The van der Waals surface area contributed by atoms with Gasteiger partial charge in [-0.1, -0.05) is 133 Å². The van der Waals surface area contributed by atoms with Gasteiger partial charge >= 0.3 is 0 Å². The summed E-state index contributed by atoms with van der Waals surface area (Å²) in [6, 6.07) is 62.8. The van der Waals surface area contributed by atoms with E-state index in [0.717, 1.165) is 56.6 Å². The molecule has 0 fully saturated rings. The van der Waals surface area contributed by atoms with Crippen LogP contribution >= 0.6 is 22.7 Å². The molecule has 0 saturated heterocycles. The number of benzene rings is 8. The molecule has 1 atom stereocenters. The molecule has 0 radical (unpaired) electrons. The van der Waals surface area contributed by atoms with Crippen LogP contribution in [0.25, 0.3) is 118 Å². The van der Waals surface area contributed by atoms with Crippen molar-refractivity contribution < 1.29 is 0 Å². The van der Waals surface area contributed by atoms with Crippen molar-refractivity contribution in [2.45, 2.75) is 12.3 Å². The van der Waals surface area contributed by atoms with Crippen molar-refractivity contribution in [2.75, 3.05) is 0 Å². The molecule has 6 heterocycles. The Hall–Kier alpha value is -8.24. The lowest BCUT2D eigenvalue weighted by Gasteiger charge is -2.18. The molecule has 1 aliphatic rings.